The van der Waals surface area contributed by atoms with E-state index < -0.39 is 97.5 Å². The third-order valence-corrected chi connectivity index (χ3v) is 20.8. The maximum Gasteiger partial charge on any atom is 0.472 e. The molecule has 2 unspecified atom stereocenters. The van der Waals surface area contributed by atoms with Crippen LogP contribution in [0, 0.1) is 17.8 Å². The lowest BCUT2D eigenvalue weighted by Gasteiger charge is -2.21. The Balaban J connectivity index is 5.25. The fourth-order valence-electron chi connectivity index (χ4n) is 12.5. The van der Waals surface area contributed by atoms with Gasteiger partial charge < -0.3 is 33.8 Å². The summed E-state index contributed by atoms with van der Waals surface area (Å²) >= 11 is 0. The Morgan fingerprint density at radius 2 is 0.460 bits per heavy atom. The smallest absolute Gasteiger partial charge is 0.462 e. The molecule has 0 radical (unpaired) electrons. The van der Waals surface area contributed by atoms with E-state index in [1.165, 1.54) is 231 Å². The van der Waals surface area contributed by atoms with Crippen LogP contribution in [0.2, 0.25) is 0 Å². The first-order valence-corrected chi connectivity index (χ1v) is 44.8. The molecule has 0 aliphatic rings. The van der Waals surface area contributed by atoms with Gasteiger partial charge in [0.05, 0.1) is 26.4 Å². The molecule has 5 atom stereocenters. The van der Waals surface area contributed by atoms with Crippen LogP contribution in [0.3, 0.4) is 0 Å². The van der Waals surface area contributed by atoms with Crippen molar-refractivity contribution in [3.63, 3.8) is 0 Å². The molecule has 0 saturated heterocycles. The summed E-state index contributed by atoms with van der Waals surface area (Å²) < 4.78 is 68.7. The van der Waals surface area contributed by atoms with Crippen molar-refractivity contribution in [3.8, 4) is 0 Å². The van der Waals surface area contributed by atoms with Crippen LogP contribution in [-0.2, 0) is 65.4 Å². The van der Waals surface area contributed by atoms with E-state index in [1.807, 2.05) is 0 Å². The average Bonchev–Trinajstić information content (AvgIpc) is 0.952. The van der Waals surface area contributed by atoms with Gasteiger partial charge in [-0.15, -0.1) is 0 Å². The van der Waals surface area contributed by atoms with Gasteiger partial charge in [-0.2, -0.15) is 0 Å². The van der Waals surface area contributed by atoms with Crippen molar-refractivity contribution >= 4 is 39.5 Å². The number of carbonyl (C=O) groups is 4. The van der Waals surface area contributed by atoms with Crippen molar-refractivity contribution in [2.75, 3.05) is 39.6 Å². The number of phosphoric ester groups is 2. The van der Waals surface area contributed by atoms with Crippen LogP contribution < -0.4 is 0 Å². The zero-order chi connectivity index (χ0) is 73.7. The lowest BCUT2D eigenvalue weighted by molar-refractivity contribution is -0.161. The molecule has 0 spiro atoms. The van der Waals surface area contributed by atoms with E-state index in [2.05, 4.69) is 48.5 Å². The number of unbranched alkanes of at least 4 members (excludes halogenated alkanes) is 47. The van der Waals surface area contributed by atoms with Crippen LogP contribution in [0.5, 0.6) is 0 Å². The van der Waals surface area contributed by atoms with Gasteiger partial charge in [0.15, 0.2) is 12.2 Å². The van der Waals surface area contributed by atoms with E-state index in [4.69, 9.17) is 37.0 Å². The van der Waals surface area contributed by atoms with Crippen LogP contribution in [0.1, 0.15) is 421 Å². The van der Waals surface area contributed by atoms with Gasteiger partial charge in [-0.25, -0.2) is 9.13 Å². The Bertz CT molecular complexity index is 1940. The third kappa shape index (κ3) is 74.3. The average molecular weight is 1470 g/mol. The number of carbonyl (C=O) groups excluding carboxylic acids is 4. The Morgan fingerprint density at radius 1 is 0.270 bits per heavy atom. The van der Waals surface area contributed by atoms with Crippen LogP contribution in [-0.4, -0.2) is 96.7 Å². The van der Waals surface area contributed by atoms with Gasteiger partial charge in [0, 0.05) is 25.7 Å². The minimum atomic E-state index is -4.96. The number of aliphatic hydroxyl groups is 1. The van der Waals surface area contributed by atoms with Gasteiger partial charge in [-0.3, -0.25) is 37.3 Å². The predicted octanol–water partition coefficient (Wildman–Crippen LogP) is 24.1. The van der Waals surface area contributed by atoms with E-state index in [0.29, 0.717) is 25.7 Å². The first kappa shape index (κ1) is 98.1. The van der Waals surface area contributed by atoms with Gasteiger partial charge in [-0.1, -0.05) is 370 Å². The molecular weight excluding hydrogens is 1310 g/mol. The van der Waals surface area contributed by atoms with Crippen LogP contribution in [0.15, 0.2) is 0 Å². The Labute approximate surface area is 613 Å². The molecular formula is C81H158O17P2. The summed E-state index contributed by atoms with van der Waals surface area (Å²) in [4.78, 5) is 73.0. The molecule has 0 aromatic rings. The third-order valence-electron chi connectivity index (χ3n) is 18.9. The first-order chi connectivity index (χ1) is 48.2. The summed E-state index contributed by atoms with van der Waals surface area (Å²) in [5, 5.41) is 10.6. The Kier molecular flexibility index (Phi) is 69.9. The second-order valence-electron chi connectivity index (χ2n) is 30.6. The molecule has 17 nitrogen and oxygen atoms in total. The van der Waals surface area contributed by atoms with E-state index >= 15 is 0 Å². The van der Waals surface area contributed by atoms with Crippen LogP contribution in [0.25, 0.3) is 0 Å². The normalized spacial score (nSPS) is 14.0. The molecule has 0 bridgehead atoms. The molecule has 0 amide bonds. The van der Waals surface area contributed by atoms with Crippen LogP contribution >= 0.6 is 15.6 Å². The first-order valence-electron chi connectivity index (χ1n) is 41.8. The summed E-state index contributed by atoms with van der Waals surface area (Å²) in [5.74, 6) is 0.190. The maximum atomic E-state index is 13.1. The molecule has 0 fully saturated rings. The highest BCUT2D eigenvalue weighted by atomic mass is 31.2. The number of esters is 4. The molecule has 0 aromatic carbocycles. The molecule has 0 aliphatic heterocycles. The number of hydrogen-bond acceptors (Lipinski definition) is 15. The SMILES string of the molecule is CCCCCCCCCCCCCCCCCCC(=O)OC[C@H](COP(=O)(O)OC[C@@H](O)COP(=O)(O)OC[C@@H](COC(=O)CCCCCCCCCCC(C)C)OC(=O)CCCCCCCCCCCCCC(C)C)OC(=O)CCCCCCCCCCCCCCCCCCC(C)C. The highest BCUT2D eigenvalue weighted by Crippen LogP contribution is 2.45. The van der Waals surface area contributed by atoms with E-state index in [0.717, 1.165) is 108 Å². The lowest BCUT2D eigenvalue weighted by Crippen LogP contribution is -2.30. The minimum absolute atomic E-state index is 0.106. The largest absolute Gasteiger partial charge is 0.472 e. The summed E-state index contributed by atoms with van der Waals surface area (Å²) in [7, 11) is -9.92. The van der Waals surface area contributed by atoms with Gasteiger partial charge in [0.1, 0.15) is 19.3 Å². The van der Waals surface area contributed by atoms with Crippen molar-refractivity contribution < 1.29 is 80.2 Å². The standard InChI is InChI=1S/C81H158O17P2/c1-8-9-10-11-12-13-14-15-16-20-23-28-33-41-48-55-62-78(83)91-68-76(97-80(85)64-57-50-43-34-29-24-21-18-17-19-22-26-31-38-45-52-59-72(2)3)70-95-99(87,88)93-66-75(82)67-94-100(89,90)96-71-77(69-92-79(84)63-56-49-42-37-36-40-47-54-61-74(6)7)98-81(86)65-58-51-44-35-30-25-27-32-39-46-53-60-73(4)5/h72-77,82H,8-71H2,1-7H3,(H,87,88)(H,89,90)/t75-,76-,77-/m1/s1. The number of aliphatic hydroxyl groups excluding tert-OH is 1. The van der Waals surface area contributed by atoms with Crippen molar-refractivity contribution in [1.82, 2.24) is 0 Å². The fraction of sp³-hybridized carbons (Fsp3) is 0.951. The number of rotatable bonds is 79. The van der Waals surface area contributed by atoms with Gasteiger partial charge >= 0.3 is 39.5 Å². The lowest BCUT2D eigenvalue weighted by atomic mass is 10.0. The minimum Gasteiger partial charge on any atom is -0.462 e. The van der Waals surface area contributed by atoms with Crippen molar-refractivity contribution in [2.45, 2.75) is 439 Å². The molecule has 0 heterocycles. The highest BCUT2D eigenvalue weighted by molar-refractivity contribution is 7.47. The topological polar surface area (TPSA) is 237 Å². The number of ether oxygens (including phenoxy) is 4. The number of phosphoric acid groups is 2. The predicted molar refractivity (Wildman–Crippen MR) is 409 cm³/mol. The Hall–Kier alpha value is -1.94. The Morgan fingerprint density at radius 3 is 0.680 bits per heavy atom. The molecule has 3 N–H and O–H groups in total. The molecule has 0 aromatic heterocycles. The molecule has 0 aliphatic carbocycles. The summed E-state index contributed by atoms with van der Waals surface area (Å²) in [6.45, 7) is 11.9. The monoisotopic (exact) mass is 1470 g/mol. The zero-order valence-corrected chi connectivity index (χ0v) is 67.5. The number of hydrogen-bond donors (Lipinski definition) is 3. The van der Waals surface area contributed by atoms with Gasteiger partial charge in [0.25, 0.3) is 0 Å². The van der Waals surface area contributed by atoms with Crippen LogP contribution in [0.4, 0.5) is 0 Å². The maximum absolute atomic E-state index is 13.1. The quantitative estimate of drug-likeness (QED) is 0.0222. The van der Waals surface area contributed by atoms with Gasteiger partial charge in [-0.05, 0) is 43.4 Å². The molecule has 100 heavy (non-hydrogen) atoms. The second kappa shape index (κ2) is 71.3. The van der Waals surface area contributed by atoms with E-state index in [1.54, 1.807) is 0 Å². The van der Waals surface area contributed by atoms with Crippen molar-refractivity contribution in [1.29, 1.82) is 0 Å². The molecule has 0 saturated carbocycles. The summed E-state index contributed by atoms with van der Waals surface area (Å²) in [5.41, 5.74) is 0. The summed E-state index contributed by atoms with van der Waals surface area (Å²) in [6, 6.07) is 0. The highest BCUT2D eigenvalue weighted by Gasteiger charge is 2.30. The van der Waals surface area contributed by atoms with Gasteiger partial charge in [0.2, 0.25) is 0 Å². The van der Waals surface area contributed by atoms with Crippen molar-refractivity contribution in [3.05, 3.63) is 0 Å². The second-order valence-corrected chi connectivity index (χ2v) is 33.5. The van der Waals surface area contributed by atoms with Crippen molar-refractivity contribution in [2.24, 2.45) is 17.8 Å². The van der Waals surface area contributed by atoms with E-state index in [-0.39, 0.29) is 25.7 Å². The molecule has 19 heteroatoms. The molecule has 594 valence electrons. The summed E-state index contributed by atoms with van der Waals surface area (Å²) in [6.07, 6.45) is 59.7. The fourth-order valence-corrected chi connectivity index (χ4v) is 14.1. The van der Waals surface area contributed by atoms with E-state index in [9.17, 15) is 43.2 Å². The zero-order valence-electron chi connectivity index (χ0n) is 65.7. The molecule has 0 rings (SSSR count).